The van der Waals surface area contributed by atoms with Crippen LogP contribution in [0.15, 0.2) is 18.2 Å². The number of aromatic hydroxyl groups is 2. The van der Waals surface area contributed by atoms with Crippen molar-refractivity contribution in [3.8, 4) is 11.5 Å². The average molecular weight is 190 g/mol. The van der Waals surface area contributed by atoms with Gasteiger partial charge in [0.1, 0.15) is 11.5 Å². The summed E-state index contributed by atoms with van der Waals surface area (Å²) >= 11 is 0. The minimum Gasteiger partial charge on any atom is -0.508 e. The first-order chi connectivity index (χ1) is 5.24. The molecule has 0 atom stereocenters. The van der Waals surface area contributed by atoms with Gasteiger partial charge >= 0.3 is 0 Å². The predicted octanol–water partition coefficient (Wildman–Crippen LogP) is 1.02. The third-order valence-corrected chi connectivity index (χ3v) is 1.48. The quantitative estimate of drug-likeness (QED) is 0.651. The van der Waals surface area contributed by atoms with E-state index in [-0.39, 0.29) is 23.9 Å². The summed E-state index contributed by atoms with van der Waals surface area (Å²) in [5.74, 6) is 0.179. The van der Waals surface area contributed by atoms with Gasteiger partial charge in [-0.1, -0.05) is 6.07 Å². The van der Waals surface area contributed by atoms with Crippen LogP contribution >= 0.6 is 12.4 Å². The van der Waals surface area contributed by atoms with Gasteiger partial charge in [0, 0.05) is 6.07 Å². The van der Waals surface area contributed by atoms with Gasteiger partial charge in [-0.15, -0.1) is 12.4 Å². The summed E-state index contributed by atoms with van der Waals surface area (Å²) in [5, 5.41) is 18.1. The Bertz CT molecular complexity index is 253. The van der Waals surface area contributed by atoms with E-state index < -0.39 is 0 Å². The summed E-state index contributed by atoms with van der Waals surface area (Å²) in [5.41, 5.74) is 6.06. The SMILES string of the molecule is Cl.NCCc1ccc(O)cc1O. The van der Waals surface area contributed by atoms with E-state index in [4.69, 9.17) is 10.8 Å². The number of benzene rings is 1. The van der Waals surface area contributed by atoms with Crippen molar-refractivity contribution in [2.75, 3.05) is 6.54 Å². The molecule has 12 heavy (non-hydrogen) atoms. The van der Waals surface area contributed by atoms with Gasteiger partial charge in [-0.3, -0.25) is 0 Å². The van der Waals surface area contributed by atoms with Gasteiger partial charge in [-0.25, -0.2) is 0 Å². The maximum atomic E-state index is 9.21. The van der Waals surface area contributed by atoms with Gasteiger partial charge in [-0.05, 0) is 24.6 Å². The Hall–Kier alpha value is -0.930. The highest BCUT2D eigenvalue weighted by atomic mass is 35.5. The van der Waals surface area contributed by atoms with Crippen molar-refractivity contribution in [2.24, 2.45) is 5.73 Å². The molecule has 4 N–H and O–H groups in total. The summed E-state index contributed by atoms with van der Waals surface area (Å²) in [6.07, 6.45) is 0.631. The van der Waals surface area contributed by atoms with Crippen LogP contribution in [0.2, 0.25) is 0 Å². The van der Waals surface area contributed by atoms with E-state index in [1.807, 2.05) is 0 Å². The lowest BCUT2D eigenvalue weighted by Gasteiger charge is -2.01. The molecule has 0 fully saturated rings. The molecule has 0 amide bonds. The number of hydrogen-bond donors (Lipinski definition) is 3. The lowest BCUT2D eigenvalue weighted by atomic mass is 10.1. The number of rotatable bonds is 2. The van der Waals surface area contributed by atoms with E-state index in [0.29, 0.717) is 13.0 Å². The maximum Gasteiger partial charge on any atom is 0.122 e. The zero-order chi connectivity index (χ0) is 8.27. The predicted molar refractivity (Wildman–Crippen MR) is 49.8 cm³/mol. The summed E-state index contributed by atoms with van der Waals surface area (Å²) < 4.78 is 0. The van der Waals surface area contributed by atoms with Crippen LogP contribution in [-0.4, -0.2) is 16.8 Å². The molecule has 0 aliphatic rings. The maximum absolute atomic E-state index is 9.21. The Balaban J connectivity index is 0.00000121. The third-order valence-electron chi connectivity index (χ3n) is 1.48. The molecule has 0 aliphatic carbocycles. The minimum absolute atomic E-state index is 0. The molecule has 4 heteroatoms. The second kappa shape index (κ2) is 4.85. The van der Waals surface area contributed by atoms with Gasteiger partial charge in [0.05, 0.1) is 0 Å². The molecule has 1 rings (SSSR count). The zero-order valence-electron chi connectivity index (χ0n) is 6.53. The molecule has 0 saturated carbocycles. The van der Waals surface area contributed by atoms with E-state index in [1.54, 1.807) is 6.07 Å². The molecule has 0 saturated heterocycles. The third kappa shape index (κ3) is 2.60. The van der Waals surface area contributed by atoms with Gasteiger partial charge < -0.3 is 15.9 Å². The Morgan fingerprint density at radius 2 is 1.92 bits per heavy atom. The standard InChI is InChI=1S/C8H11NO2.ClH/c9-4-3-6-1-2-7(10)5-8(6)11;/h1-2,5,10-11H,3-4,9H2;1H. The highest BCUT2D eigenvalue weighted by Crippen LogP contribution is 2.22. The van der Waals surface area contributed by atoms with Gasteiger partial charge in [0.2, 0.25) is 0 Å². The van der Waals surface area contributed by atoms with Crippen molar-refractivity contribution < 1.29 is 10.2 Å². The van der Waals surface area contributed by atoms with Crippen LogP contribution in [0.3, 0.4) is 0 Å². The molecule has 1 aromatic rings. The second-order valence-corrected chi connectivity index (χ2v) is 2.35. The highest BCUT2D eigenvalue weighted by Gasteiger charge is 1.99. The molecule has 3 nitrogen and oxygen atoms in total. The fourth-order valence-corrected chi connectivity index (χ4v) is 0.919. The number of hydrogen-bond acceptors (Lipinski definition) is 3. The van der Waals surface area contributed by atoms with E-state index in [2.05, 4.69) is 0 Å². The molecule has 0 heterocycles. The molecule has 0 bridgehead atoms. The average Bonchev–Trinajstić information content (AvgIpc) is 1.95. The first kappa shape index (κ1) is 11.1. The van der Waals surface area contributed by atoms with Crippen LogP contribution in [0.5, 0.6) is 11.5 Å². The van der Waals surface area contributed by atoms with Crippen LogP contribution in [-0.2, 0) is 6.42 Å². The minimum atomic E-state index is 0. The van der Waals surface area contributed by atoms with Crippen LogP contribution < -0.4 is 5.73 Å². The fourth-order valence-electron chi connectivity index (χ4n) is 0.919. The Labute approximate surface area is 77.2 Å². The van der Waals surface area contributed by atoms with Crippen LogP contribution in [0.1, 0.15) is 5.56 Å². The largest absolute Gasteiger partial charge is 0.508 e. The Kier molecular flexibility index (Phi) is 4.47. The first-order valence-electron chi connectivity index (χ1n) is 3.45. The van der Waals surface area contributed by atoms with E-state index in [0.717, 1.165) is 5.56 Å². The van der Waals surface area contributed by atoms with Crippen molar-refractivity contribution in [1.82, 2.24) is 0 Å². The number of nitrogens with two attached hydrogens (primary N) is 1. The van der Waals surface area contributed by atoms with Crippen LogP contribution in [0.4, 0.5) is 0 Å². The summed E-state index contributed by atoms with van der Waals surface area (Å²) in [7, 11) is 0. The summed E-state index contributed by atoms with van der Waals surface area (Å²) in [6.45, 7) is 0.498. The second-order valence-electron chi connectivity index (χ2n) is 2.35. The van der Waals surface area contributed by atoms with Gasteiger partial charge in [0.25, 0.3) is 0 Å². The molecule has 0 spiro atoms. The van der Waals surface area contributed by atoms with Gasteiger partial charge in [0.15, 0.2) is 0 Å². The molecule has 0 radical (unpaired) electrons. The number of phenols is 2. The summed E-state index contributed by atoms with van der Waals surface area (Å²) in [6, 6.07) is 4.51. The first-order valence-corrected chi connectivity index (χ1v) is 3.45. The molecule has 0 aromatic heterocycles. The Morgan fingerprint density at radius 3 is 2.42 bits per heavy atom. The highest BCUT2D eigenvalue weighted by molar-refractivity contribution is 5.85. The fraction of sp³-hybridized carbons (Fsp3) is 0.250. The zero-order valence-corrected chi connectivity index (χ0v) is 7.34. The number of phenolic OH excluding ortho intramolecular Hbond substituents is 2. The van der Waals surface area contributed by atoms with Crippen LogP contribution in [0, 0.1) is 0 Å². The Morgan fingerprint density at radius 1 is 1.25 bits per heavy atom. The number of halogens is 1. The van der Waals surface area contributed by atoms with E-state index >= 15 is 0 Å². The normalized spacial score (nSPS) is 9.08. The van der Waals surface area contributed by atoms with Crippen molar-refractivity contribution in [3.05, 3.63) is 23.8 Å². The van der Waals surface area contributed by atoms with E-state index in [1.165, 1.54) is 12.1 Å². The monoisotopic (exact) mass is 189 g/mol. The molecular weight excluding hydrogens is 178 g/mol. The van der Waals surface area contributed by atoms with Crippen molar-refractivity contribution in [1.29, 1.82) is 0 Å². The van der Waals surface area contributed by atoms with Gasteiger partial charge in [-0.2, -0.15) is 0 Å². The summed E-state index contributed by atoms with van der Waals surface area (Å²) in [4.78, 5) is 0. The van der Waals surface area contributed by atoms with Crippen LogP contribution in [0.25, 0.3) is 0 Å². The molecular formula is C8H12ClNO2. The topological polar surface area (TPSA) is 66.5 Å². The molecule has 68 valence electrons. The van der Waals surface area contributed by atoms with Crippen molar-refractivity contribution >= 4 is 12.4 Å². The molecule has 1 aromatic carbocycles. The lowest BCUT2D eigenvalue weighted by molar-refractivity contribution is 0.446. The smallest absolute Gasteiger partial charge is 0.122 e. The van der Waals surface area contributed by atoms with E-state index in [9.17, 15) is 5.11 Å². The molecule has 0 aliphatic heterocycles. The molecule has 0 unspecified atom stereocenters. The van der Waals surface area contributed by atoms with Crippen molar-refractivity contribution in [3.63, 3.8) is 0 Å². The van der Waals surface area contributed by atoms with Crippen molar-refractivity contribution in [2.45, 2.75) is 6.42 Å². The lowest BCUT2D eigenvalue weighted by Crippen LogP contribution is -2.02.